The number of hydrogen-bond donors (Lipinski definition) is 0. The summed E-state index contributed by atoms with van der Waals surface area (Å²) in [7, 11) is 0. The predicted octanol–water partition coefficient (Wildman–Crippen LogP) is 2.76. The summed E-state index contributed by atoms with van der Waals surface area (Å²) < 4.78 is 0. The predicted molar refractivity (Wildman–Crippen MR) is 92.6 cm³/mol. The van der Waals surface area contributed by atoms with Crippen molar-refractivity contribution in [3.63, 3.8) is 0 Å². The van der Waals surface area contributed by atoms with Crippen LogP contribution < -0.4 is 0 Å². The fourth-order valence-electron chi connectivity index (χ4n) is 3.94. The third-order valence-corrected chi connectivity index (χ3v) is 6.51. The highest BCUT2D eigenvalue weighted by Crippen LogP contribution is 2.36. The Morgan fingerprint density at radius 3 is 2.88 bits per heavy atom. The molecular weight excluding hydrogens is 322 g/mol. The molecule has 0 N–H and O–H groups in total. The normalized spacial score (nSPS) is 27.8. The minimum Gasteiger partial charge on any atom is -0.342 e. The van der Waals surface area contributed by atoms with Gasteiger partial charge >= 0.3 is 0 Å². The largest absolute Gasteiger partial charge is 0.342 e. The fourth-order valence-corrected chi connectivity index (χ4v) is 4.88. The molecule has 3 fully saturated rings. The third-order valence-electron chi connectivity index (χ3n) is 5.45. The molecular formula is C18H25N3O2S. The number of rotatable bonds is 4. The summed E-state index contributed by atoms with van der Waals surface area (Å²) >= 11 is 1.66. The van der Waals surface area contributed by atoms with Crippen LogP contribution in [0.5, 0.6) is 0 Å². The maximum atomic E-state index is 13.1. The van der Waals surface area contributed by atoms with Gasteiger partial charge in [-0.05, 0) is 44.9 Å². The van der Waals surface area contributed by atoms with Crippen LogP contribution in [0.2, 0.25) is 0 Å². The van der Waals surface area contributed by atoms with Crippen LogP contribution in [0.25, 0.3) is 0 Å². The van der Waals surface area contributed by atoms with E-state index in [0.29, 0.717) is 18.9 Å². The van der Waals surface area contributed by atoms with E-state index in [-0.39, 0.29) is 23.8 Å². The van der Waals surface area contributed by atoms with Crippen molar-refractivity contribution < 1.29 is 9.59 Å². The second kappa shape index (κ2) is 6.47. The molecule has 3 heterocycles. The summed E-state index contributed by atoms with van der Waals surface area (Å²) in [6.07, 6.45) is 6.06. The average Bonchev–Trinajstić information content (AvgIpc) is 3.18. The van der Waals surface area contributed by atoms with Gasteiger partial charge in [0.1, 0.15) is 5.01 Å². The molecule has 4 rings (SSSR count). The molecule has 5 nitrogen and oxygen atoms in total. The van der Waals surface area contributed by atoms with E-state index in [1.165, 1.54) is 12.8 Å². The number of thiazole rings is 1. The standard InChI is InChI=1S/C18H25N3O2S/c1-12-11-24-17(19-12)15-4-2-3-7-21(15)18(23)14-8-16(22)20(10-14)9-13-5-6-13/h11,13-15H,2-10H2,1H3/t14-,15-/m1/s1. The van der Waals surface area contributed by atoms with Gasteiger partial charge < -0.3 is 9.80 Å². The van der Waals surface area contributed by atoms with Gasteiger partial charge in [0, 0.05) is 37.1 Å². The van der Waals surface area contributed by atoms with E-state index in [1.807, 2.05) is 16.7 Å². The maximum Gasteiger partial charge on any atom is 0.228 e. The topological polar surface area (TPSA) is 53.5 Å². The van der Waals surface area contributed by atoms with Crippen LogP contribution in [-0.4, -0.2) is 46.2 Å². The van der Waals surface area contributed by atoms with E-state index >= 15 is 0 Å². The van der Waals surface area contributed by atoms with E-state index in [2.05, 4.69) is 10.4 Å². The van der Waals surface area contributed by atoms with Crippen molar-refractivity contribution in [2.24, 2.45) is 11.8 Å². The zero-order valence-electron chi connectivity index (χ0n) is 14.2. The first-order valence-electron chi connectivity index (χ1n) is 9.12. The van der Waals surface area contributed by atoms with Crippen molar-refractivity contribution in [1.82, 2.24) is 14.8 Å². The molecule has 130 valence electrons. The summed E-state index contributed by atoms with van der Waals surface area (Å²) in [5.74, 6) is 0.861. The van der Waals surface area contributed by atoms with Gasteiger partial charge in [-0.2, -0.15) is 0 Å². The molecule has 0 bridgehead atoms. The summed E-state index contributed by atoms with van der Waals surface area (Å²) in [4.78, 5) is 33.9. The van der Waals surface area contributed by atoms with Crippen molar-refractivity contribution in [2.45, 2.75) is 51.5 Å². The number of nitrogens with zero attached hydrogens (tertiary/aromatic N) is 3. The molecule has 6 heteroatoms. The second-order valence-electron chi connectivity index (χ2n) is 7.51. The number of carbonyl (C=O) groups excluding carboxylic acids is 2. The Morgan fingerprint density at radius 2 is 2.17 bits per heavy atom. The number of aryl methyl sites for hydroxylation is 1. The number of hydrogen-bond acceptors (Lipinski definition) is 4. The Labute approximate surface area is 147 Å². The highest BCUT2D eigenvalue weighted by atomic mass is 32.1. The van der Waals surface area contributed by atoms with E-state index in [1.54, 1.807) is 11.3 Å². The van der Waals surface area contributed by atoms with E-state index in [9.17, 15) is 9.59 Å². The van der Waals surface area contributed by atoms with Crippen molar-refractivity contribution in [2.75, 3.05) is 19.6 Å². The zero-order valence-corrected chi connectivity index (χ0v) is 15.1. The van der Waals surface area contributed by atoms with Crippen LogP contribution in [0.1, 0.15) is 55.3 Å². The highest BCUT2D eigenvalue weighted by Gasteiger charge is 2.41. The van der Waals surface area contributed by atoms with Gasteiger partial charge in [-0.25, -0.2) is 4.98 Å². The summed E-state index contributed by atoms with van der Waals surface area (Å²) in [5.41, 5.74) is 1.03. The van der Waals surface area contributed by atoms with Crippen LogP contribution in [0.3, 0.4) is 0 Å². The number of carbonyl (C=O) groups is 2. The minimum atomic E-state index is -0.155. The van der Waals surface area contributed by atoms with Crippen molar-refractivity contribution in [3.05, 3.63) is 16.1 Å². The first-order valence-corrected chi connectivity index (χ1v) is 10.00. The Hall–Kier alpha value is -1.43. The Morgan fingerprint density at radius 1 is 1.33 bits per heavy atom. The smallest absolute Gasteiger partial charge is 0.228 e. The quantitative estimate of drug-likeness (QED) is 0.841. The average molecular weight is 347 g/mol. The van der Waals surface area contributed by atoms with Crippen LogP contribution in [0.15, 0.2) is 5.38 Å². The van der Waals surface area contributed by atoms with Crippen LogP contribution in [0, 0.1) is 18.8 Å². The molecule has 0 spiro atoms. The monoisotopic (exact) mass is 347 g/mol. The summed E-state index contributed by atoms with van der Waals surface area (Å²) in [6.45, 7) is 4.28. The molecule has 2 aliphatic heterocycles. The lowest BCUT2D eigenvalue weighted by Crippen LogP contribution is -2.42. The SMILES string of the molecule is Cc1csc([C@H]2CCCCN2C(=O)[C@@H]2CC(=O)N(CC3CC3)C2)n1. The summed E-state index contributed by atoms with van der Waals surface area (Å²) in [6, 6.07) is 0.109. The lowest BCUT2D eigenvalue weighted by Gasteiger charge is -2.36. The highest BCUT2D eigenvalue weighted by molar-refractivity contribution is 7.09. The lowest BCUT2D eigenvalue weighted by molar-refractivity contribution is -0.139. The zero-order chi connectivity index (χ0) is 16.7. The molecule has 3 aliphatic rings. The third kappa shape index (κ3) is 3.21. The van der Waals surface area contributed by atoms with Gasteiger partial charge in [0.15, 0.2) is 0 Å². The van der Waals surface area contributed by atoms with Crippen LogP contribution >= 0.6 is 11.3 Å². The van der Waals surface area contributed by atoms with Crippen molar-refractivity contribution in [3.8, 4) is 0 Å². The number of aromatic nitrogens is 1. The molecule has 1 aromatic rings. The Balaban J connectivity index is 1.46. The fraction of sp³-hybridized carbons (Fsp3) is 0.722. The van der Waals surface area contributed by atoms with Crippen molar-refractivity contribution >= 4 is 23.2 Å². The van der Waals surface area contributed by atoms with Gasteiger partial charge in [-0.1, -0.05) is 0 Å². The van der Waals surface area contributed by atoms with Gasteiger partial charge in [-0.15, -0.1) is 11.3 Å². The van der Waals surface area contributed by atoms with Gasteiger partial charge in [0.25, 0.3) is 0 Å². The molecule has 2 atom stereocenters. The van der Waals surface area contributed by atoms with E-state index in [4.69, 9.17) is 0 Å². The molecule has 1 aliphatic carbocycles. The molecule has 1 aromatic heterocycles. The van der Waals surface area contributed by atoms with Crippen molar-refractivity contribution in [1.29, 1.82) is 0 Å². The summed E-state index contributed by atoms with van der Waals surface area (Å²) in [5, 5.41) is 3.11. The molecule has 0 aromatic carbocycles. The first kappa shape index (κ1) is 16.1. The molecule has 24 heavy (non-hydrogen) atoms. The molecule has 2 amide bonds. The van der Waals surface area contributed by atoms with E-state index in [0.717, 1.165) is 43.1 Å². The number of piperidine rings is 1. The van der Waals surface area contributed by atoms with Gasteiger partial charge in [-0.3, -0.25) is 9.59 Å². The number of amides is 2. The molecule has 0 radical (unpaired) electrons. The Kier molecular flexibility index (Phi) is 4.33. The van der Waals surface area contributed by atoms with Crippen LogP contribution in [0.4, 0.5) is 0 Å². The lowest BCUT2D eigenvalue weighted by atomic mass is 9.99. The van der Waals surface area contributed by atoms with Gasteiger partial charge in [0.2, 0.25) is 11.8 Å². The molecule has 2 saturated heterocycles. The second-order valence-corrected chi connectivity index (χ2v) is 8.40. The number of likely N-dealkylation sites (tertiary alicyclic amines) is 2. The first-order chi connectivity index (χ1) is 11.6. The molecule has 0 unspecified atom stereocenters. The minimum absolute atomic E-state index is 0.109. The van der Waals surface area contributed by atoms with Gasteiger partial charge in [0.05, 0.1) is 12.0 Å². The Bertz CT molecular complexity index is 640. The maximum absolute atomic E-state index is 13.1. The van der Waals surface area contributed by atoms with Crippen LogP contribution in [-0.2, 0) is 9.59 Å². The van der Waals surface area contributed by atoms with E-state index < -0.39 is 0 Å². The molecule has 1 saturated carbocycles.